The number of aromatic nitrogens is 3. The number of hydrogen-bond acceptors (Lipinski definition) is 16. The molecule has 3 aromatic carbocycles. The number of ether oxygens (including phenoxy) is 2. The molecule has 530 valence electrons. The Morgan fingerprint density at radius 1 is 0.526 bits per heavy atom. The van der Waals surface area contributed by atoms with Gasteiger partial charge in [-0.3, -0.25) is 19.2 Å². The van der Waals surface area contributed by atoms with Crippen molar-refractivity contribution in [1.29, 1.82) is 0 Å². The molecule has 0 spiro atoms. The van der Waals surface area contributed by atoms with Crippen LogP contribution in [0, 0.1) is 41.5 Å². The predicted octanol–water partition coefficient (Wildman–Crippen LogP) is 12.8. The molecule has 0 bridgehead atoms. The number of aliphatic hydroxyl groups is 1. The van der Waals surface area contributed by atoms with E-state index in [1.807, 2.05) is 145 Å². The Morgan fingerprint density at radius 2 is 0.887 bits per heavy atom. The monoisotopic (exact) mass is 1340 g/mol. The van der Waals surface area contributed by atoms with Gasteiger partial charge in [-0.25, -0.2) is 0 Å². The van der Waals surface area contributed by atoms with Crippen molar-refractivity contribution in [3.05, 3.63) is 149 Å². The maximum absolute atomic E-state index is 14.0. The lowest BCUT2D eigenvalue weighted by atomic mass is 9.75. The average molecular weight is 1340 g/mol. The van der Waals surface area contributed by atoms with Crippen molar-refractivity contribution in [2.75, 3.05) is 54.2 Å². The van der Waals surface area contributed by atoms with Crippen molar-refractivity contribution in [3.8, 4) is 17.2 Å². The van der Waals surface area contributed by atoms with Crippen LogP contribution in [-0.4, -0.2) is 165 Å². The SMILES string of the molecule is C=CC(=O)N1C(C)(C)CC(N(CCOC(=C)Cc2cc(C)c(O)c(C)c2)c2nc(N(CCOC(=O)CCc3cc(C)c(O)c(C)c3)C3CC(C)(C)N(C(=O)C=C)C(C)(C)C3)nc(N(CCO)C3CCC(C)(C)N(C(=O)C=C)C3(C)C)n2)CC1(C)C.C=CCc1cc(C)c(O)c(C)c1. The number of benzene rings is 3. The number of esters is 1. The van der Waals surface area contributed by atoms with Gasteiger partial charge in [0.2, 0.25) is 35.6 Å². The molecule has 4 heterocycles. The number of aliphatic hydroxyl groups excluding tert-OH is 1. The summed E-state index contributed by atoms with van der Waals surface area (Å²) >= 11 is 0. The van der Waals surface area contributed by atoms with E-state index >= 15 is 0 Å². The van der Waals surface area contributed by atoms with Crippen LogP contribution in [0.4, 0.5) is 17.8 Å². The van der Waals surface area contributed by atoms with Crippen molar-refractivity contribution < 1.29 is 49.1 Å². The summed E-state index contributed by atoms with van der Waals surface area (Å²) in [5, 5.41) is 41.6. The van der Waals surface area contributed by atoms with E-state index in [4.69, 9.17) is 24.4 Å². The normalized spacial score (nSPS) is 18.3. The molecule has 19 heteroatoms. The molecule has 19 nitrogen and oxygen atoms in total. The van der Waals surface area contributed by atoms with Crippen LogP contribution < -0.4 is 14.7 Å². The highest BCUT2D eigenvalue weighted by molar-refractivity contribution is 5.89. The molecule has 3 aliphatic heterocycles. The number of hydrogen-bond donors (Lipinski definition) is 4. The molecule has 3 saturated heterocycles. The molecule has 97 heavy (non-hydrogen) atoms. The molecule has 0 aliphatic carbocycles. The van der Waals surface area contributed by atoms with Crippen molar-refractivity contribution in [2.24, 2.45) is 0 Å². The molecular formula is C78H113N9O10. The van der Waals surface area contributed by atoms with Gasteiger partial charge in [0, 0.05) is 59.2 Å². The van der Waals surface area contributed by atoms with Gasteiger partial charge >= 0.3 is 5.97 Å². The van der Waals surface area contributed by atoms with Gasteiger partial charge in [-0.15, -0.1) is 6.58 Å². The van der Waals surface area contributed by atoms with E-state index in [1.165, 1.54) is 23.8 Å². The molecule has 4 N–H and O–H groups in total. The van der Waals surface area contributed by atoms with Gasteiger partial charge in [0.1, 0.15) is 30.5 Å². The van der Waals surface area contributed by atoms with Crippen molar-refractivity contribution >= 4 is 41.5 Å². The number of likely N-dealkylation sites (tertiary alicyclic amines) is 3. The zero-order chi connectivity index (χ0) is 72.7. The van der Waals surface area contributed by atoms with E-state index in [2.05, 4.69) is 84.2 Å². The van der Waals surface area contributed by atoms with Crippen molar-refractivity contribution in [3.63, 3.8) is 0 Å². The lowest BCUT2D eigenvalue weighted by Gasteiger charge is -2.58. The van der Waals surface area contributed by atoms with Crippen molar-refractivity contribution in [2.45, 2.75) is 240 Å². The number of aryl methyl sites for hydroxylation is 7. The number of anilines is 3. The predicted molar refractivity (Wildman–Crippen MR) is 388 cm³/mol. The Kier molecular flexibility index (Phi) is 25.0. The van der Waals surface area contributed by atoms with E-state index in [0.717, 1.165) is 50.9 Å². The van der Waals surface area contributed by atoms with Crippen LogP contribution in [0.2, 0.25) is 0 Å². The second-order valence-electron chi connectivity index (χ2n) is 30.6. The number of piperidine rings is 3. The first-order chi connectivity index (χ1) is 45.1. The van der Waals surface area contributed by atoms with Crippen LogP contribution in [0.15, 0.2) is 99.4 Å². The number of carbonyl (C=O) groups is 4. The van der Waals surface area contributed by atoms with Gasteiger partial charge in [-0.1, -0.05) is 68.8 Å². The smallest absolute Gasteiger partial charge is 0.306 e. The van der Waals surface area contributed by atoms with Gasteiger partial charge in [-0.2, -0.15) is 15.0 Å². The molecule has 7 rings (SSSR count). The molecule has 1 aromatic heterocycles. The van der Waals surface area contributed by atoms with E-state index in [9.17, 15) is 39.6 Å². The number of aromatic hydroxyl groups is 3. The zero-order valence-electron chi connectivity index (χ0n) is 61.6. The molecule has 1 atom stereocenters. The molecule has 4 aromatic rings. The van der Waals surface area contributed by atoms with E-state index in [-0.39, 0.29) is 99.1 Å². The number of phenols is 3. The Morgan fingerprint density at radius 3 is 1.27 bits per heavy atom. The molecule has 0 saturated carbocycles. The minimum Gasteiger partial charge on any atom is -0.507 e. The Hall–Kier alpha value is -8.19. The fourth-order valence-corrected chi connectivity index (χ4v) is 16.3. The van der Waals surface area contributed by atoms with Crippen LogP contribution in [0.25, 0.3) is 0 Å². The average Bonchev–Trinajstić information content (AvgIpc) is 0.750. The van der Waals surface area contributed by atoms with Crippen molar-refractivity contribution in [1.82, 2.24) is 29.7 Å². The second kappa shape index (κ2) is 31.1. The topological polar surface area (TPSA) is 226 Å². The maximum atomic E-state index is 14.0. The van der Waals surface area contributed by atoms with E-state index < -0.39 is 45.2 Å². The van der Waals surface area contributed by atoms with Crippen LogP contribution in [0.3, 0.4) is 0 Å². The first-order valence-electron chi connectivity index (χ1n) is 34.1. The van der Waals surface area contributed by atoms with Gasteiger partial charge in [0.15, 0.2) is 0 Å². The summed E-state index contributed by atoms with van der Waals surface area (Å²) in [4.78, 5) is 83.7. The minimum absolute atomic E-state index is 0.0445. The lowest BCUT2D eigenvalue weighted by Crippen LogP contribution is -2.70. The quantitative estimate of drug-likeness (QED) is 0.0209. The van der Waals surface area contributed by atoms with Gasteiger partial charge in [-0.05, 0) is 244 Å². The summed E-state index contributed by atoms with van der Waals surface area (Å²) in [6.07, 6.45) is 10.8. The number of carbonyl (C=O) groups excluding carboxylic acids is 4. The molecule has 1 unspecified atom stereocenters. The first kappa shape index (κ1) is 77.8. The summed E-state index contributed by atoms with van der Waals surface area (Å²) in [7, 11) is 0. The number of phenolic OH excluding ortho intramolecular Hbond substituents is 3. The summed E-state index contributed by atoms with van der Waals surface area (Å²) in [5.41, 5.74) is 3.65. The van der Waals surface area contributed by atoms with Gasteiger partial charge in [0.05, 0.1) is 37.0 Å². The maximum Gasteiger partial charge on any atom is 0.306 e. The highest BCUT2D eigenvalue weighted by Gasteiger charge is 2.54. The minimum atomic E-state index is -0.861. The molecule has 0 radical (unpaired) electrons. The number of nitrogens with zero attached hydrogens (tertiary/aromatic N) is 9. The van der Waals surface area contributed by atoms with Gasteiger partial charge in [0.25, 0.3) is 0 Å². The third-order valence-electron chi connectivity index (χ3n) is 19.8. The summed E-state index contributed by atoms with van der Waals surface area (Å²) in [6.45, 7) is 55.7. The zero-order valence-corrected chi connectivity index (χ0v) is 61.6. The molecular weight excluding hydrogens is 1220 g/mol. The highest BCUT2D eigenvalue weighted by Crippen LogP contribution is 2.46. The fraction of sp³-hybridized carbons (Fsp3) is 0.551. The van der Waals surface area contributed by atoms with E-state index in [0.29, 0.717) is 68.8 Å². The summed E-state index contributed by atoms with van der Waals surface area (Å²) < 4.78 is 12.6. The highest BCUT2D eigenvalue weighted by atomic mass is 16.5. The second-order valence-corrected chi connectivity index (χ2v) is 30.6. The fourth-order valence-electron chi connectivity index (χ4n) is 16.3. The van der Waals surface area contributed by atoms with Crippen LogP contribution in [0.5, 0.6) is 17.2 Å². The lowest BCUT2D eigenvalue weighted by molar-refractivity contribution is -0.145. The molecule has 3 fully saturated rings. The van der Waals surface area contributed by atoms with Crippen LogP contribution in [-0.2, 0) is 47.9 Å². The Bertz CT molecular complexity index is 3480. The largest absolute Gasteiger partial charge is 0.507 e. The number of rotatable bonds is 25. The Balaban J connectivity index is 0.00000111. The summed E-state index contributed by atoms with van der Waals surface area (Å²) in [5.74, 6) is 1.22. The molecule has 3 aliphatic rings. The molecule has 3 amide bonds. The van der Waals surface area contributed by atoms with Gasteiger partial charge < -0.3 is 59.3 Å². The van der Waals surface area contributed by atoms with Crippen LogP contribution in [0.1, 0.15) is 178 Å². The standard InChI is InChI=1S/C67H99N9O9.C11H14O/c1-21-53(78)74-63(11,12)39-50(40-64(74,13)14)71(29-32-84-47(8)38-49-36-45(6)58(83)46(7)37-49)59-68-60(70-61(69-59)73(28-31-77)52-26-27-62(9,10)76(55(80)23-3)67(52,19)20)72(51-41-65(15,16)75(54(79)22-2)66(17,18)42-51)30-33-85-56(81)25-24-48-34-43(4)57(82)44(5)35-48;1-4-5-10-6-8(2)11(12)9(3)7-10/h21-23,34-37,50-52,77,82-83H,1-3,8,24-33,38-42H2,4-7,9-20H3;4,6-7,12H,1,5H2,2-3H3. The third kappa shape index (κ3) is 18.1. The van der Waals surface area contributed by atoms with E-state index in [1.54, 1.807) is 0 Å². The first-order valence-corrected chi connectivity index (χ1v) is 34.1. The number of allylic oxidation sites excluding steroid dienone is 2. The van der Waals surface area contributed by atoms with Crippen LogP contribution >= 0.6 is 0 Å². The summed E-state index contributed by atoms with van der Waals surface area (Å²) in [6, 6.07) is 10.5. The third-order valence-corrected chi connectivity index (χ3v) is 19.8. The number of amides is 3. The Labute approximate surface area is 578 Å².